The fraction of sp³-hybridized carbons (Fsp3) is 0. The second kappa shape index (κ2) is 6.40. The van der Waals surface area contributed by atoms with Gasteiger partial charge in [0.15, 0.2) is 10.8 Å². The van der Waals surface area contributed by atoms with Crippen LogP contribution < -0.4 is 10.3 Å². The molecule has 3 rings (SSSR count). The van der Waals surface area contributed by atoms with Crippen molar-refractivity contribution in [1.29, 1.82) is 0 Å². The molecule has 0 amide bonds. The van der Waals surface area contributed by atoms with Crippen molar-refractivity contribution in [3.05, 3.63) is 80.9 Å². The van der Waals surface area contributed by atoms with E-state index in [1.807, 2.05) is 6.07 Å². The van der Waals surface area contributed by atoms with E-state index in [-0.39, 0.29) is 21.5 Å². The highest BCUT2D eigenvalue weighted by Crippen LogP contribution is 2.28. The number of hydrogen-bond donors (Lipinski definition) is 0. The summed E-state index contributed by atoms with van der Waals surface area (Å²) in [5, 5.41) is 3.80. The molecule has 0 fully saturated rings. The van der Waals surface area contributed by atoms with Crippen molar-refractivity contribution in [3.63, 3.8) is 0 Å². The Morgan fingerprint density at radius 3 is 2.52 bits per heavy atom. The van der Waals surface area contributed by atoms with Crippen LogP contribution in [0.1, 0.15) is 0 Å². The van der Waals surface area contributed by atoms with Crippen molar-refractivity contribution >= 4 is 23.2 Å². The van der Waals surface area contributed by atoms with E-state index in [1.54, 1.807) is 24.3 Å². The number of halogens is 3. The number of nitrogens with zero attached hydrogens (tertiary/aromatic N) is 2. The van der Waals surface area contributed by atoms with E-state index in [2.05, 4.69) is 5.10 Å². The first kappa shape index (κ1) is 15.5. The molecular weight excluding hydrogens is 342 g/mol. The molecule has 23 heavy (non-hydrogen) atoms. The number of para-hydroxylation sites is 1. The van der Waals surface area contributed by atoms with Gasteiger partial charge < -0.3 is 4.74 Å². The highest BCUT2D eigenvalue weighted by Gasteiger charge is 2.13. The molecule has 0 aliphatic heterocycles. The predicted octanol–water partition coefficient (Wildman–Crippen LogP) is 4.47. The topological polar surface area (TPSA) is 44.1 Å². The van der Waals surface area contributed by atoms with E-state index in [9.17, 15) is 9.18 Å². The average molecular weight is 351 g/mol. The smallest absolute Gasteiger partial charge is 0.294 e. The fourth-order valence-corrected chi connectivity index (χ4v) is 2.25. The van der Waals surface area contributed by atoms with Gasteiger partial charge in [-0.05, 0) is 24.3 Å². The first-order valence-electron chi connectivity index (χ1n) is 6.52. The molecule has 116 valence electrons. The summed E-state index contributed by atoms with van der Waals surface area (Å²) in [5.41, 5.74) is 0.0550. The normalized spacial score (nSPS) is 10.6. The number of benzene rings is 2. The number of aromatic nitrogens is 2. The summed E-state index contributed by atoms with van der Waals surface area (Å²) >= 11 is 11.8. The van der Waals surface area contributed by atoms with Crippen molar-refractivity contribution in [3.8, 4) is 17.2 Å². The van der Waals surface area contributed by atoms with Crippen LogP contribution in [0.4, 0.5) is 4.39 Å². The largest absolute Gasteiger partial charge is 0.454 e. The summed E-state index contributed by atoms with van der Waals surface area (Å²) in [6, 6.07) is 12.7. The number of hydrogen-bond acceptors (Lipinski definition) is 3. The quantitative estimate of drug-likeness (QED) is 0.699. The van der Waals surface area contributed by atoms with Crippen molar-refractivity contribution in [2.75, 3.05) is 0 Å². The molecule has 0 radical (unpaired) electrons. The molecule has 1 heterocycles. The second-order valence-corrected chi connectivity index (χ2v) is 5.34. The van der Waals surface area contributed by atoms with Crippen LogP contribution >= 0.6 is 23.2 Å². The lowest BCUT2D eigenvalue weighted by atomic mass is 10.3. The van der Waals surface area contributed by atoms with Crippen LogP contribution in [0.5, 0.6) is 11.5 Å². The Bertz CT molecular complexity index is 914. The molecule has 0 N–H and O–H groups in total. The van der Waals surface area contributed by atoms with Gasteiger partial charge in [0.25, 0.3) is 5.56 Å². The molecule has 3 aromatic rings. The van der Waals surface area contributed by atoms with Crippen LogP contribution in [0, 0.1) is 5.82 Å². The van der Waals surface area contributed by atoms with Crippen LogP contribution in [0.15, 0.2) is 59.5 Å². The van der Waals surface area contributed by atoms with Gasteiger partial charge in [-0.3, -0.25) is 4.79 Å². The van der Waals surface area contributed by atoms with Crippen molar-refractivity contribution in [2.45, 2.75) is 0 Å². The Kier molecular flexibility index (Phi) is 4.32. The molecule has 0 aliphatic carbocycles. The van der Waals surface area contributed by atoms with Gasteiger partial charge in [0.1, 0.15) is 11.6 Å². The van der Waals surface area contributed by atoms with Gasteiger partial charge in [0, 0.05) is 6.07 Å². The molecule has 0 saturated carbocycles. The monoisotopic (exact) mass is 350 g/mol. The Morgan fingerprint density at radius 2 is 1.83 bits per heavy atom. The third-order valence-corrected chi connectivity index (χ3v) is 3.64. The van der Waals surface area contributed by atoms with Gasteiger partial charge in [-0.1, -0.05) is 41.4 Å². The third kappa shape index (κ3) is 3.21. The summed E-state index contributed by atoms with van der Waals surface area (Å²) in [6.07, 6.45) is 1.31. The maximum Gasteiger partial charge on any atom is 0.294 e. The first-order valence-corrected chi connectivity index (χ1v) is 7.28. The van der Waals surface area contributed by atoms with Crippen LogP contribution in [0.3, 0.4) is 0 Å². The standard InChI is InChI=1S/C16H9Cl2FN2O2/c17-12-8-11(6-7-13(12)19)23-14-9-20-21(16(22)15(14)18)10-4-2-1-3-5-10/h1-9H. The highest BCUT2D eigenvalue weighted by molar-refractivity contribution is 6.32. The lowest BCUT2D eigenvalue weighted by Gasteiger charge is -2.10. The minimum atomic E-state index is -0.567. The molecule has 1 aromatic heterocycles. The summed E-state index contributed by atoms with van der Waals surface area (Å²) in [7, 11) is 0. The van der Waals surface area contributed by atoms with Crippen molar-refractivity contribution in [1.82, 2.24) is 9.78 Å². The maximum atomic E-state index is 13.1. The first-order chi connectivity index (χ1) is 11.1. The SMILES string of the molecule is O=c1c(Cl)c(Oc2ccc(F)c(Cl)c2)cnn1-c1ccccc1. The minimum absolute atomic E-state index is 0.0616. The molecule has 0 spiro atoms. The zero-order chi connectivity index (χ0) is 16.4. The lowest BCUT2D eigenvalue weighted by Crippen LogP contribution is -2.21. The van der Waals surface area contributed by atoms with Crippen molar-refractivity contribution < 1.29 is 9.13 Å². The lowest BCUT2D eigenvalue weighted by molar-refractivity contribution is 0.473. The maximum absolute atomic E-state index is 13.1. The van der Waals surface area contributed by atoms with Gasteiger partial charge in [0.05, 0.1) is 16.9 Å². The Hall–Kier alpha value is -2.37. The van der Waals surface area contributed by atoms with Gasteiger partial charge in [-0.2, -0.15) is 9.78 Å². The summed E-state index contributed by atoms with van der Waals surface area (Å²) < 4.78 is 19.8. The fourth-order valence-electron chi connectivity index (χ4n) is 1.91. The number of rotatable bonds is 3. The third-order valence-electron chi connectivity index (χ3n) is 3.01. The van der Waals surface area contributed by atoms with E-state index in [4.69, 9.17) is 27.9 Å². The molecule has 2 aromatic carbocycles. The van der Waals surface area contributed by atoms with Gasteiger partial charge >= 0.3 is 0 Å². The van der Waals surface area contributed by atoms with E-state index >= 15 is 0 Å². The summed E-state index contributed by atoms with van der Waals surface area (Å²) in [5.74, 6) is -0.258. The summed E-state index contributed by atoms with van der Waals surface area (Å²) in [4.78, 5) is 12.3. The number of ether oxygens (including phenoxy) is 1. The van der Waals surface area contributed by atoms with Crippen molar-refractivity contribution in [2.24, 2.45) is 0 Å². The van der Waals surface area contributed by atoms with E-state index in [0.29, 0.717) is 5.69 Å². The van der Waals surface area contributed by atoms with Gasteiger partial charge in [-0.15, -0.1) is 0 Å². The molecule has 0 saturated heterocycles. The van der Waals surface area contributed by atoms with Gasteiger partial charge in [0.2, 0.25) is 0 Å². The highest BCUT2D eigenvalue weighted by atomic mass is 35.5. The molecule has 4 nitrogen and oxygen atoms in total. The van der Waals surface area contributed by atoms with Crippen LogP contribution in [-0.2, 0) is 0 Å². The summed E-state index contributed by atoms with van der Waals surface area (Å²) in [6.45, 7) is 0. The second-order valence-electron chi connectivity index (χ2n) is 4.55. The average Bonchev–Trinajstić information content (AvgIpc) is 2.56. The molecule has 0 unspecified atom stereocenters. The van der Waals surface area contributed by atoms with Gasteiger partial charge in [-0.25, -0.2) is 4.39 Å². The Labute approximate surface area is 140 Å². The van der Waals surface area contributed by atoms with E-state index in [0.717, 1.165) is 10.7 Å². The van der Waals surface area contributed by atoms with Crippen LogP contribution in [0.25, 0.3) is 5.69 Å². The Balaban J connectivity index is 1.97. The van der Waals surface area contributed by atoms with E-state index < -0.39 is 11.4 Å². The molecule has 0 aliphatic rings. The molecular formula is C16H9Cl2FN2O2. The molecule has 7 heteroatoms. The van der Waals surface area contributed by atoms with Crippen LogP contribution in [-0.4, -0.2) is 9.78 Å². The molecule has 0 atom stereocenters. The zero-order valence-electron chi connectivity index (χ0n) is 11.5. The Morgan fingerprint density at radius 1 is 1.09 bits per heavy atom. The molecule has 0 bridgehead atoms. The minimum Gasteiger partial charge on any atom is -0.454 e. The predicted molar refractivity (Wildman–Crippen MR) is 86.3 cm³/mol. The zero-order valence-corrected chi connectivity index (χ0v) is 13.1. The van der Waals surface area contributed by atoms with Crippen LogP contribution in [0.2, 0.25) is 10.0 Å². The van der Waals surface area contributed by atoms with E-state index in [1.165, 1.54) is 18.3 Å².